The number of rotatable bonds is 6. The molecule has 0 saturated carbocycles. The molecule has 116 valence electrons. The summed E-state index contributed by atoms with van der Waals surface area (Å²) in [6.45, 7) is -0.131. The molecule has 0 saturated heterocycles. The van der Waals surface area contributed by atoms with Crippen molar-refractivity contribution in [2.75, 3.05) is 20.0 Å². The van der Waals surface area contributed by atoms with Crippen molar-refractivity contribution in [3.63, 3.8) is 0 Å². The second-order valence-corrected chi connectivity index (χ2v) is 4.09. The van der Waals surface area contributed by atoms with Crippen LogP contribution in [0.2, 0.25) is 0 Å². The molecular weight excluding hydrogens is 290 g/mol. The summed E-state index contributed by atoms with van der Waals surface area (Å²) in [6, 6.07) is 5.25. The van der Waals surface area contributed by atoms with Gasteiger partial charge in [-0.15, -0.1) is 5.10 Å². The number of benzene rings is 1. The fourth-order valence-electron chi connectivity index (χ4n) is 1.60. The lowest BCUT2D eigenvalue weighted by Crippen LogP contribution is -2.24. The molecule has 3 N–H and O–H groups in total. The topological polar surface area (TPSA) is 130 Å². The summed E-state index contributed by atoms with van der Waals surface area (Å²) in [7, 11) is 3.09. The molecule has 0 fully saturated rings. The lowest BCUT2D eigenvalue weighted by atomic mass is 10.2. The second-order valence-electron chi connectivity index (χ2n) is 4.09. The number of nitrogen functional groups attached to an aromatic ring is 1. The van der Waals surface area contributed by atoms with Crippen LogP contribution in [0.3, 0.4) is 0 Å². The summed E-state index contributed by atoms with van der Waals surface area (Å²) in [5.41, 5.74) is 8.37. The lowest BCUT2D eigenvalue weighted by molar-refractivity contribution is -0.122. The average molecular weight is 305 g/mol. The van der Waals surface area contributed by atoms with Crippen LogP contribution in [-0.4, -0.2) is 46.5 Å². The number of hydrogen-bond acceptors (Lipinski definition) is 8. The third kappa shape index (κ3) is 3.91. The van der Waals surface area contributed by atoms with Crippen LogP contribution < -0.4 is 20.6 Å². The van der Waals surface area contributed by atoms with E-state index in [1.54, 1.807) is 25.3 Å². The number of ether oxygens (including phenoxy) is 2. The van der Waals surface area contributed by atoms with Crippen molar-refractivity contribution in [2.24, 2.45) is 5.10 Å². The van der Waals surface area contributed by atoms with Gasteiger partial charge in [-0.05, 0) is 29.0 Å². The molecule has 10 heteroatoms. The number of carbonyl (C=O) groups is 1. The van der Waals surface area contributed by atoms with E-state index in [0.717, 1.165) is 10.4 Å². The predicted octanol–water partition coefficient (Wildman–Crippen LogP) is -0.577. The van der Waals surface area contributed by atoms with Crippen LogP contribution in [0.25, 0.3) is 0 Å². The van der Waals surface area contributed by atoms with Crippen LogP contribution in [0.15, 0.2) is 23.3 Å². The van der Waals surface area contributed by atoms with Crippen molar-refractivity contribution in [3.05, 3.63) is 23.8 Å². The van der Waals surface area contributed by atoms with Crippen molar-refractivity contribution in [1.82, 2.24) is 25.6 Å². The lowest BCUT2D eigenvalue weighted by Gasteiger charge is -2.07. The highest BCUT2D eigenvalue weighted by atomic mass is 16.5. The Morgan fingerprint density at radius 3 is 2.82 bits per heavy atom. The van der Waals surface area contributed by atoms with Crippen LogP contribution in [0.4, 0.5) is 5.95 Å². The Labute approximate surface area is 125 Å². The van der Waals surface area contributed by atoms with Gasteiger partial charge in [0.1, 0.15) is 6.54 Å². The summed E-state index contributed by atoms with van der Waals surface area (Å²) in [6.07, 6.45) is 1.48. The Morgan fingerprint density at radius 1 is 1.41 bits per heavy atom. The maximum Gasteiger partial charge on any atom is 0.263 e. The first kappa shape index (κ1) is 15.2. The summed E-state index contributed by atoms with van der Waals surface area (Å²) < 4.78 is 10.3. The second kappa shape index (κ2) is 7.02. The van der Waals surface area contributed by atoms with E-state index in [4.69, 9.17) is 15.2 Å². The monoisotopic (exact) mass is 305 g/mol. The number of nitrogens with zero attached hydrogens (tertiary/aromatic N) is 5. The third-order valence-electron chi connectivity index (χ3n) is 2.56. The predicted molar refractivity (Wildman–Crippen MR) is 77.5 cm³/mol. The van der Waals surface area contributed by atoms with E-state index in [2.05, 4.69) is 25.9 Å². The van der Waals surface area contributed by atoms with Crippen LogP contribution in [0.1, 0.15) is 5.56 Å². The molecule has 1 aromatic carbocycles. The number of hydrogen-bond donors (Lipinski definition) is 2. The van der Waals surface area contributed by atoms with E-state index in [-0.39, 0.29) is 12.5 Å². The van der Waals surface area contributed by atoms with Crippen LogP contribution in [0.5, 0.6) is 11.5 Å². The van der Waals surface area contributed by atoms with Crippen molar-refractivity contribution >= 4 is 18.1 Å². The van der Waals surface area contributed by atoms with Crippen LogP contribution in [-0.2, 0) is 11.3 Å². The Morgan fingerprint density at radius 2 is 2.18 bits per heavy atom. The fourth-order valence-corrected chi connectivity index (χ4v) is 1.60. The van der Waals surface area contributed by atoms with E-state index in [0.29, 0.717) is 11.5 Å². The maximum absolute atomic E-state index is 11.6. The van der Waals surface area contributed by atoms with Crippen molar-refractivity contribution < 1.29 is 14.3 Å². The molecule has 0 unspecified atom stereocenters. The third-order valence-corrected chi connectivity index (χ3v) is 2.56. The summed E-state index contributed by atoms with van der Waals surface area (Å²) in [5.74, 6) is 0.773. The number of methoxy groups -OCH3 is 2. The van der Waals surface area contributed by atoms with E-state index < -0.39 is 5.91 Å². The minimum absolute atomic E-state index is 0.00151. The van der Waals surface area contributed by atoms with Crippen LogP contribution in [0, 0.1) is 0 Å². The Balaban J connectivity index is 1.93. The minimum atomic E-state index is -0.408. The largest absolute Gasteiger partial charge is 0.493 e. The van der Waals surface area contributed by atoms with Crippen molar-refractivity contribution in [1.29, 1.82) is 0 Å². The highest BCUT2D eigenvalue weighted by Crippen LogP contribution is 2.26. The number of tetrazole rings is 1. The first-order chi connectivity index (χ1) is 10.6. The van der Waals surface area contributed by atoms with Gasteiger partial charge in [0.2, 0.25) is 0 Å². The normalized spacial score (nSPS) is 10.6. The molecule has 0 spiro atoms. The van der Waals surface area contributed by atoms with Gasteiger partial charge in [-0.1, -0.05) is 5.10 Å². The zero-order valence-corrected chi connectivity index (χ0v) is 12.1. The number of aromatic nitrogens is 4. The van der Waals surface area contributed by atoms with Gasteiger partial charge in [0.15, 0.2) is 11.5 Å². The highest BCUT2D eigenvalue weighted by molar-refractivity contribution is 5.83. The number of hydrazone groups is 1. The van der Waals surface area contributed by atoms with Gasteiger partial charge in [0, 0.05) is 0 Å². The molecule has 0 radical (unpaired) electrons. The molecule has 0 aliphatic heterocycles. The van der Waals surface area contributed by atoms with Crippen LogP contribution >= 0.6 is 0 Å². The molecular formula is C12H15N7O3. The molecule has 1 amide bonds. The SMILES string of the molecule is COc1ccc(C=NNC(=O)Cn2nnc(N)n2)cc1OC. The summed E-state index contributed by atoms with van der Waals surface area (Å²) in [5, 5.41) is 14.5. The zero-order chi connectivity index (χ0) is 15.9. The molecule has 2 aromatic rings. The van der Waals surface area contributed by atoms with E-state index in [1.807, 2.05) is 0 Å². The summed E-state index contributed by atoms with van der Waals surface area (Å²) in [4.78, 5) is 12.7. The Hall–Kier alpha value is -3.17. The number of anilines is 1. The molecule has 2 rings (SSSR count). The molecule has 22 heavy (non-hydrogen) atoms. The zero-order valence-electron chi connectivity index (χ0n) is 12.1. The number of amides is 1. The quantitative estimate of drug-likeness (QED) is 0.539. The average Bonchev–Trinajstić information content (AvgIpc) is 2.92. The van der Waals surface area contributed by atoms with Gasteiger partial charge in [0.05, 0.1) is 20.4 Å². The first-order valence-electron chi connectivity index (χ1n) is 6.19. The molecule has 0 bridgehead atoms. The number of nitrogens with one attached hydrogen (secondary N) is 1. The van der Waals surface area contributed by atoms with Gasteiger partial charge >= 0.3 is 0 Å². The van der Waals surface area contributed by atoms with Gasteiger partial charge in [-0.3, -0.25) is 4.79 Å². The standard InChI is InChI=1S/C12H15N7O3/c1-21-9-4-3-8(5-10(9)22-2)6-14-15-11(20)7-19-17-12(13)16-18-19/h3-6H,7H2,1-2H3,(H2,13,17)(H,15,20). The maximum atomic E-state index is 11.6. The fraction of sp³-hybridized carbons (Fsp3) is 0.250. The smallest absolute Gasteiger partial charge is 0.263 e. The molecule has 0 aliphatic carbocycles. The number of nitrogens with two attached hydrogens (primary N) is 1. The van der Waals surface area contributed by atoms with Gasteiger partial charge in [0.25, 0.3) is 11.9 Å². The minimum Gasteiger partial charge on any atom is -0.493 e. The first-order valence-corrected chi connectivity index (χ1v) is 6.19. The Kier molecular flexibility index (Phi) is 4.85. The summed E-state index contributed by atoms with van der Waals surface area (Å²) >= 11 is 0. The van der Waals surface area contributed by atoms with Crippen molar-refractivity contribution in [3.8, 4) is 11.5 Å². The van der Waals surface area contributed by atoms with E-state index in [1.165, 1.54) is 13.3 Å². The van der Waals surface area contributed by atoms with Gasteiger partial charge in [-0.25, -0.2) is 5.43 Å². The van der Waals surface area contributed by atoms with Gasteiger partial charge < -0.3 is 15.2 Å². The van der Waals surface area contributed by atoms with E-state index in [9.17, 15) is 4.79 Å². The van der Waals surface area contributed by atoms with Crippen molar-refractivity contribution in [2.45, 2.75) is 6.54 Å². The molecule has 0 aliphatic rings. The molecule has 10 nitrogen and oxygen atoms in total. The molecule has 1 heterocycles. The molecule has 1 aromatic heterocycles. The highest BCUT2D eigenvalue weighted by Gasteiger charge is 2.05. The molecule has 0 atom stereocenters. The number of carbonyl (C=O) groups excluding carboxylic acids is 1. The van der Waals surface area contributed by atoms with Gasteiger partial charge in [-0.2, -0.15) is 9.90 Å². The Bertz CT molecular complexity index is 683. The van der Waals surface area contributed by atoms with E-state index >= 15 is 0 Å².